The van der Waals surface area contributed by atoms with Crippen molar-refractivity contribution < 1.29 is 9.53 Å². The van der Waals surface area contributed by atoms with E-state index in [0.717, 1.165) is 27.9 Å². The number of hydrogen-bond donors (Lipinski definition) is 0. The summed E-state index contributed by atoms with van der Waals surface area (Å²) in [5, 5.41) is 1.13. The van der Waals surface area contributed by atoms with Crippen molar-refractivity contribution in [1.29, 1.82) is 0 Å². The van der Waals surface area contributed by atoms with E-state index < -0.39 is 0 Å². The molecular weight excluding hydrogens is 400 g/mol. The van der Waals surface area contributed by atoms with E-state index >= 15 is 0 Å². The van der Waals surface area contributed by atoms with Gasteiger partial charge in [0.15, 0.2) is 4.32 Å². The van der Waals surface area contributed by atoms with Gasteiger partial charge in [-0.2, -0.15) is 0 Å². The maximum Gasteiger partial charge on any atom is 0.270 e. The molecule has 29 heavy (non-hydrogen) atoms. The Morgan fingerprint density at radius 1 is 1.14 bits per heavy atom. The lowest BCUT2D eigenvalue weighted by molar-refractivity contribution is -0.113. The molecule has 1 saturated heterocycles. The van der Waals surface area contributed by atoms with E-state index in [-0.39, 0.29) is 5.91 Å². The molecule has 0 bridgehead atoms. The molecule has 2 heterocycles. The molecule has 1 aliphatic rings. The van der Waals surface area contributed by atoms with Gasteiger partial charge in [0.1, 0.15) is 5.75 Å². The zero-order valence-corrected chi connectivity index (χ0v) is 18.2. The first-order valence-electron chi connectivity index (χ1n) is 9.60. The van der Waals surface area contributed by atoms with Crippen LogP contribution >= 0.6 is 24.0 Å². The summed E-state index contributed by atoms with van der Waals surface area (Å²) in [6.07, 6.45) is 4.06. The van der Waals surface area contributed by atoms with E-state index in [4.69, 9.17) is 17.0 Å². The van der Waals surface area contributed by atoms with Gasteiger partial charge in [0.25, 0.3) is 5.91 Å². The Kier molecular flexibility index (Phi) is 5.48. The lowest BCUT2D eigenvalue weighted by Crippen LogP contribution is -2.27. The number of anilines is 1. The number of rotatable bonds is 5. The Balaban J connectivity index is 1.69. The third-order valence-corrected chi connectivity index (χ3v) is 6.12. The SMILES string of the molecule is CCOc1ccc(N2C(=O)/C(=C\c3cn(C(C)C)c4ccccc34)SC2=S)cc1. The minimum absolute atomic E-state index is 0.0921. The summed E-state index contributed by atoms with van der Waals surface area (Å²) in [5.41, 5.74) is 2.95. The van der Waals surface area contributed by atoms with Gasteiger partial charge in [-0.3, -0.25) is 9.69 Å². The normalized spacial score (nSPS) is 15.9. The molecule has 3 aromatic rings. The van der Waals surface area contributed by atoms with Gasteiger partial charge in [0.2, 0.25) is 0 Å². The van der Waals surface area contributed by atoms with Gasteiger partial charge in [-0.25, -0.2) is 0 Å². The molecule has 1 amide bonds. The van der Waals surface area contributed by atoms with Crippen molar-refractivity contribution in [2.45, 2.75) is 26.8 Å². The average molecular weight is 423 g/mol. The first-order chi connectivity index (χ1) is 14.0. The summed E-state index contributed by atoms with van der Waals surface area (Å²) < 4.78 is 8.25. The molecule has 4 nitrogen and oxygen atoms in total. The molecule has 148 valence electrons. The van der Waals surface area contributed by atoms with Crippen LogP contribution < -0.4 is 9.64 Å². The van der Waals surface area contributed by atoms with Crippen LogP contribution in [0.5, 0.6) is 5.75 Å². The molecule has 0 saturated carbocycles. The summed E-state index contributed by atoms with van der Waals surface area (Å²) in [4.78, 5) is 15.3. The lowest BCUT2D eigenvalue weighted by atomic mass is 10.1. The van der Waals surface area contributed by atoms with Gasteiger partial charge in [-0.1, -0.05) is 42.2 Å². The fourth-order valence-corrected chi connectivity index (χ4v) is 4.75. The number of carbonyl (C=O) groups is 1. The van der Waals surface area contributed by atoms with Gasteiger partial charge in [0.05, 0.1) is 17.2 Å². The molecule has 0 N–H and O–H groups in total. The van der Waals surface area contributed by atoms with Crippen molar-refractivity contribution in [3.05, 3.63) is 65.2 Å². The summed E-state index contributed by atoms with van der Waals surface area (Å²) in [7, 11) is 0. The maximum atomic E-state index is 13.1. The highest BCUT2D eigenvalue weighted by molar-refractivity contribution is 8.27. The second-order valence-corrected chi connectivity index (χ2v) is 8.72. The van der Waals surface area contributed by atoms with Gasteiger partial charge in [-0.05, 0) is 57.2 Å². The summed E-state index contributed by atoms with van der Waals surface area (Å²) >= 11 is 6.85. The molecule has 1 fully saturated rings. The van der Waals surface area contributed by atoms with Crippen molar-refractivity contribution in [3.8, 4) is 5.75 Å². The number of thioether (sulfide) groups is 1. The van der Waals surface area contributed by atoms with E-state index in [9.17, 15) is 4.79 Å². The van der Waals surface area contributed by atoms with Crippen LogP contribution in [0.4, 0.5) is 5.69 Å². The Hall–Kier alpha value is -2.57. The molecule has 0 atom stereocenters. The standard InChI is InChI=1S/C23H22N2O2S2/c1-4-27-18-11-9-17(10-12-18)25-22(26)21(29-23(25)28)13-16-14-24(15(2)3)20-8-6-5-7-19(16)20/h5-15H,4H2,1-3H3/b21-13+. The zero-order chi connectivity index (χ0) is 20.5. The third-order valence-electron chi connectivity index (χ3n) is 4.81. The Morgan fingerprint density at radius 2 is 1.86 bits per heavy atom. The summed E-state index contributed by atoms with van der Waals surface area (Å²) in [6.45, 7) is 6.85. The number of hydrogen-bond acceptors (Lipinski definition) is 4. The fourth-order valence-electron chi connectivity index (χ4n) is 3.46. The topological polar surface area (TPSA) is 34.5 Å². The highest BCUT2D eigenvalue weighted by Gasteiger charge is 2.33. The number of fused-ring (bicyclic) bond motifs is 1. The van der Waals surface area contributed by atoms with Crippen molar-refractivity contribution in [2.75, 3.05) is 11.5 Å². The number of carbonyl (C=O) groups excluding carboxylic acids is 1. The van der Waals surface area contributed by atoms with E-state index in [2.05, 4.69) is 36.7 Å². The fraction of sp³-hybridized carbons (Fsp3) is 0.217. The number of aromatic nitrogens is 1. The van der Waals surface area contributed by atoms with E-state index in [1.807, 2.05) is 49.4 Å². The molecule has 0 aliphatic carbocycles. The molecule has 1 aliphatic heterocycles. The predicted octanol–water partition coefficient (Wildman–Crippen LogP) is 6.03. The molecule has 0 unspecified atom stereocenters. The van der Waals surface area contributed by atoms with Gasteiger partial charge >= 0.3 is 0 Å². The van der Waals surface area contributed by atoms with Crippen LogP contribution in [0, 0.1) is 0 Å². The van der Waals surface area contributed by atoms with Crippen LogP contribution in [0.3, 0.4) is 0 Å². The monoisotopic (exact) mass is 422 g/mol. The summed E-state index contributed by atoms with van der Waals surface area (Å²) in [6, 6.07) is 16.0. The van der Waals surface area contributed by atoms with E-state index in [1.165, 1.54) is 11.8 Å². The van der Waals surface area contributed by atoms with Crippen molar-refractivity contribution in [1.82, 2.24) is 4.57 Å². The minimum Gasteiger partial charge on any atom is -0.494 e. The smallest absolute Gasteiger partial charge is 0.270 e. The molecule has 4 rings (SSSR count). The van der Waals surface area contributed by atoms with Crippen LogP contribution in [0.15, 0.2) is 59.6 Å². The van der Waals surface area contributed by atoms with Gasteiger partial charge in [-0.15, -0.1) is 0 Å². The number of nitrogens with zero attached hydrogens (tertiary/aromatic N) is 2. The largest absolute Gasteiger partial charge is 0.494 e. The molecule has 1 aromatic heterocycles. The van der Waals surface area contributed by atoms with Crippen LogP contribution in [0.2, 0.25) is 0 Å². The van der Waals surface area contributed by atoms with Crippen molar-refractivity contribution in [2.24, 2.45) is 0 Å². The number of para-hydroxylation sites is 1. The first-order valence-corrected chi connectivity index (χ1v) is 10.8. The number of thiocarbonyl (C=S) groups is 1. The maximum absolute atomic E-state index is 13.1. The highest BCUT2D eigenvalue weighted by Crippen LogP contribution is 2.38. The molecule has 0 spiro atoms. The Morgan fingerprint density at radius 3 is 2.55 bits per heavy atom. The molecule has 6 heteroatoms. The molecule has 2 aromatic carbocycles. The van der Waals surface area contributed by atoms with Crippen molar-refractivity contribution >= 4 is 56.9 Å². The van der Waals surface area contributed by atoms with Crippen LogP contribution in [0.25, 0.3) is 17.0 Å². The van der Waals surface area contributed by atoms with Crippen LogP contribution in [-0.4, -0.2) is 21.4 Å². The second-order valence-electron chi connectivity index (χ2n) is 7.05. The average Bonchev–Trinajstić information content (AvgIpc) is 3.21. The van der Waals surface area contributed by atoms with E-state index in [1.54, 1.807) is 4.90 Å². The van der Waals surface area contributed by atoms with Crippen molar-refractivity contribution in [3.63, 3.8) is 0 Å². The van der Waals surface area contributed by atoms with Crippen LogP contribution in [0.1, 0.15) is 32.4 Å². The number of amides is 1. The lowest BCUT2D eigenvalue weighted by Gasteiger charge is -2.15. The quantitative estimate of drug-likeness (QED) is 0.372. The van der Waals surface area contributed by atoms with Gasteiger partial charge < -0.3 is 9.30 Å². The van der Waals surface area contributed by atoms with Crippen LogP contribution in [-0.2, 0) is 4.79 Å². The third kappa shape index (κ3) is 3.70. The number of benzene rings is 2. The van der Waals surface area contributed by atoms with E-state index in [0.29, 0.717) is 21.9 Å². The minimum atomic E-state index is -0.0921. The van der Waals surface area contributed by atoms with Gasteiger partial charge in [0, 0.05) is 28.7 Å². The first kappa shape index (κ1) is 19.7. The molecular formula is C23H22N2O2S2. The highest BCUT2D eigenvalue weighted by atomic mass is 32.2. The second kappa shape index (κ2) is 8.05. The summed E-state index contributed by atoms with van der Waals surface area (Å²) in [5.74, 6) is 0.685. The zero-order valence-electron chi connectivity index (χ0n) is 16.6. The Bertz CT molecular complexity index is 1110. The Labute approximate surface area is 180 Å². The predicted molar refractivity (Wildman–Crippen MR) is 126 cm³/mol. The molecule has 0 radical (unpaired) electrons. The number of ether oxygens (including phenoxy) is 1.